The molecule has 1 fully saturated rings. The van der Waals surface area contributed by atoms with Crippen LogP contribution in [0.4, 0.5) is 23.5 Å². The Morgan fingerprint density at radius 2 is 1.67 bits per heavy atom. The molecule has 10 heteroatoms. The number of halogens is 4. The van der Waals surface area contributed by atoms with Gasteiger partial charge < -0.3 is 14.5 Å². The molecule has 6 nitrogen and oxygen atoms in total. The highest BCUT2D eigenvalue weighted by atomic mass is 19.4. The van der Waals surface area contributed by atoms with Gasteiger partial charge in [-0.2, -0.15) is 0 Å². The van der Waals surface area contributed by atoms with Gasteiger partial charge in [-0.25, -0.2) is 13.9 Å². The third-order valence-corrected chi connectivity index (χ3v) is 4.94. The van der Waals surface area contributed by atoms with Gasteiger partial charge in [0.25, 0.3) is 5.56 Å². The van der Waals surface area contributed by atoms with Crippen molar-refractivity contribution in [2.75, 3.05) is 38.1 Å². The second-order valence-corrected chi connectivity index (χ2v) is 7.02. The molecule has 158 valence electrons. The summed E-state index contributed by atoms with van der Waals surface area (Å²) in [7, 11) is 1.98. The lowest BCUT2D eigenvalue weighted by Crippen LogP contribution is -2.46. The topological polar surface area (TPSA) is 50.6 Å². The first-order chi connectivity index (χ1) is 14.2. The first kappa shape index (κ1) is 20.1. The maximum Gasteiger partial charge on any atom is 0.573 e. The fourth-order valence-electron chi connectivity index (χ4n) is 3.43. The molecule has 0 spiro atoms. The Bertz CT molecular complexity index is 1120. The van der Waals surface area contributed by atoms with E-state index in [0.717, 1.165) is 25.2 Å². The van der Waals surface area contributed by atoms with Crippen LogP contribution in [0.3, 0.4) is 0 Å². The third-order valence-electron chi connectivity index (χ3n) is 4.94. The number of alkyl halides is 3. The van der Waals surface area contributed by atoms with Crippen LogP contribution in [0.25, 0.3) is 16.6 Å². The maximum absolute atomic E-state index is 14.4. The van der Waals surface area contributed by atoms with Crippen molar-refractivity contribution >= 4 is 16.9 Å². The van der Waals surface area contributed by atoms with Crippen LogP contribution in [-0.4, -0.2) is 54.0 Å². The van der Waals surface area contributed by atoms with Gasteiger partial charge in [0, 0.05) is 26.2 Å². The summed E-state index contributed by atoms with van der Waals surface area (Å²) in [5.74, 6) is -0.809. The highest BCUT2D eigenvalue weighted by molar-refractivity contribution is 5.80. The monoisotopic (exact) mass is 422 g/mol. The van der Waals surface area contributed by atoms with Crippen LogP contribution in [0.5, 0.6) is 5.75 Å². The van der Waals surface area contributed by atoms with Crippen molar-refractivity contribution in [1.29, 1.82) is 0 Å². The molecule has 4 rings (SSSR count). The van der Waals surface area contributed by atoms with Crippen molar-refractivity contribution in [2.24, 2.45) is 0 Å². The molecule has 1 aliphatic rings. The number of nitrogens with zero attached hydrogens (tertiary/aromatic N) is 4. The van der Waals surface area contributed by atoms with E-state index in [2.05, 4.69) is 14.6 Å². The van der Waals surface area contributed by atoms with Gasteiger partial charge in [0.2, 0.25) is 5.95 Å². The maximum atomic E-state index is 14.4. The van der Waals surface area contributed by atoms with Gasteiger partial charge in [-0.05, 0) is 43.4 Å². The third kappa shape index (κ3) is 3.95. The van der Waals surface area contributed by atoms with Gasteiger partial charge in [-0.3, -0.25) is 4.79 Å². The van der Waals surface area contributed by atoms with Crippen LogP contribution in [0.2, 0.25) is 0 Å². The van der Waals surface area contributed by atoms with E-state index < -0.39 is 23.5 Å². The van der Waals surface area contributed by atoms with Crippen molar-refractivity contribution in [3.63, 3.8) is 0 Å². The van der Waals surface area contributed by atoms with Crippen molar-refractivity contribution in [3.8, 4) is 11.4 Å². The van der Waals surface area contributed by atoms with Gasteiger partial charge >= 0.3 is 6.36 Å². The summed E-state index contributed by atoms with van der Waals surface area (Å²) in [6, 6.07) is 9.05. The molecule has 0 radical (unpaired) electrons. The minimum atomic E-state index is -4.82. The molecule has 0 N–H and O–H groups in total. The van der Waals surface area contributed by atoms with Crippen LogP contribution in [0.15, 0.2) is 47.3 Å². The van der Waals surface area contributed by atoms with Crippen molar-refractivity contribution in [1.82, 2.24) is 14.5 Å². The molecule has 0 unspecified atom stereocenters. The SMILES string of the molecule is CN1CCN(c2nc3cccc(F)c3c(=O)n2-c2ccc(OC(F)(F)F)cc2)CC1. The van der Waals surface area contributed by atoms with Gasteiger partial charge in [0.1, 0.15) is 17.0 Å². The smallest absolute Gasteiger partial charge is 0.406 e. The zero-order valence-corrected chi connectivity index (χ0v) is 16.0. The average Bonchev–Trinajstić information content (AvgIpc) is 2.68. The number of hydrogen-bond acceptors (Lipinski definition) is 5. The lowest BCUT2D eigenvalue weighted by atomic mass is 10.2. The normalized spacial score (nSPS) is 15.6. The summed E-state index contributed by atoms with van der Waals surface area (Å²) in [6.07, 6.45) is -4.82. The summed E-state index contributed by atoms with van der Waals surface area (Å²) in [6.45, 7) is 2.68. The molecule has 0 atom stereocenters. The summed E-state index contributed by atoms with van der Waals surface area (Å²) in [5.41, 5.74) is -0.139. The van der Waals surface area contributed by atoms with Gasteiger partial charge in [0.05, 0.1) is 11.2 Å². The van der Waals surface area contributed by atoms with Crippen LogP contribution < -0.4 is 15.2 Å². The van der Waals surface area contributed by atoms with E-state index in [1.807, 2.05) is 11.9 Å². The zero-order chi connectivity index (χ0) is 21.5. The second-order valence-electron chi connectivity index (χ2n) is 7.02. The van der Waals surface area contributed by atoms with E-state index in [1.54, 1.807) is 6.07 Å². The van der Waals surface area contributed by atoms with Gasteiger partial charge in [-0.15, -0.1) is 13.2 Å². The fourth-order valence-corrected chi connectivity index (χ4v) is 3.43. The van der Waals surface area contributed by atoms with Crippen molar-refractivity contribution in [3.05, 3.63) is 58.6 Å². The van der Waals surface area contributed by atoms with E-state index in [1.165, 1.54) is 28.8 Å². The molecule has 30 heavy (non-hydrogen) atoms. The highest BCUT2D eigenvalue weighted by Crippen LogP contribution is 2.26. The summed E-state index contributed by atoms with van der Waals surface area (Å²) in [5, 5.41) is -0.175. The quantitative estimate of drug-likeness (QED) is 0.607. The largest absolute Gasteiger partial charge is 0.573 e. The molecule has 2 aromatic carbocycles. The Hall–Kier alpha value is -3.14. The number of anilines is 1. The number of aromatic nitrogens is 2. The average molecular weight is 422 g/mol. The Morgan fingerprint density at radius 1 is 1.00 bits per heavy atom. The lowest BCUT2D eigenvalue weighted by Gasteiger charge is -2.34. The number of piperazine rings is 1. The number of fused-ring (bicyclic) bond motifs is 1. The fraction of sp³-hybridized carbons (Fsp3) is 0.300. The summed E-state index contributed by atoms with van der Waals surface area (Å²) in [4.78, 5) is 21.8. The number of likely N-dealkylation sites (N-methyl/N-ethyl adjacent to an activating group) is 1. The molecule has 1 saturated heterocycles. The molecule has 1 aliphatic heterocycles. The Kier molecular flexibility index (Phi) is 5.10. The van der Waals surface area contributed by atoms with Crippen LogP contribution >= 0.6 is 0 Å². The molecule has 0 aliphatic carbocycles. The Balaban J connectivity index is 1.86. The molecular formula is C20H18F4N4O2. The van der Waals surface area contributed by atoms with Crippen LogP contribution in [0.1, 0.15) is 0 Å². The predicted octanol–water partition coefficient (Wildman–Crippen LogP) is 3.18. The molecular weight excluding hydrogens is 404 g/mol. The molecule has 0 saturated carbocycles. The molecule has 0 bridgehead atoms. The first-order valence-electron chi connectivity index (χ1n) is 9.24. The van der Waals surface area contributed by atoms with Crippen LogP contribution in [-0.2, 0) is 0 Å². The van der Waals surface area contributed by atoms with Crippen molar-refractivity contribution < 1.29 is 22.3 Å². The molecule has 0 amide bonds. The van der Waals surface area contributed by atoms with E-state index in [0.29, 0.717) is 19.0 Å². The van der Waals surface area contributed by atoms with Crippen LogP contribution in [0, 0.1) is 5.82 Å². The number of benzene rings is 2. The lowest BCUT2D eigenvalue weighted by molar-refractivity contribution is -0.274. The Morgan fingerprint density at radius 3 is 2.30 bits per heavy atom. The van der Waals surface area contributed by atoms with E-state index in [9.17, 15) is 22.4 Å². The minimum Gasteiger partial charge on any atom is -0.406 e. The first-order valence-corrected chi connectivity index (χ1v) is 9.24. The summed E-state index contributed by atoms with van der Waals surface area (Å²) < 4.78 is 56.9. The molecule has 2 heterocycles. The predicted molar refractivity (Wildman–Crippen MR) is 104 cm³/mol. The molecule has 3 aromatic rings. The standard InChI is InChI=1S/C20H18F4N4O2/c1-26-9-11-27(12-10-26)19-25-16-4-2-3-15(21)17(16)18(29)28(19)13-5-7-14(8-6-13)30-20(22,23)24/h2-8H,9-12H2,1H3. The van der Waals surface area contributed by atoms with E-state index in [4.69, 9.17) is 0 Å². The molecule has 1 aromatic heterocycles. The highest BCUT2D eigenvalue weighted by Gasteiger charge is 2.31. The van der Waals surface area contributed by atoms with Gasteiger partial charge in [0.15, 0.2) is 0 Å². The number of rotatable bonds is 3. The number of ether oxygens (including phenoxy) is 1. The Labute approximate surface area is 168 Å². The van der Waals surface area contributed by atoms with Crippen molar-refractivity contribution in [2.45, 2.75) is 6.36 Å². The van der Waals surface area contributed by atoms with Gasteiger partial charge in [-0.1, -0.05) is 6.07 Å². The number of hydrogen-bond donors (Lipinski definition) is 0. The van der Waals surface area contributed by atoms with E-state index in [-0.39, 0.29) is 16.6 Å². The zero-order valence-electron chi connectivity index (χ0n) is 16.0. The summed E-state index contributed by atoms with van der Waals surface area (Å²) >= 11 is 0. The second kappa shape index (κ2) is 7.60. The minimum absolute atomic E-state index is 0.175. The van der Waals surface area contributed by atoms with E-state index >= 15 is 0 Å².